The fraction of sp³-hybridized carbons (Fsp3) is 0.955. The Labute approximate surface area is 257 Å². The van der Waals surface area contributed by atoms with Crippen LogP contribution in [0.5, 0.6) is 0 Å². The molecule has 3 aliphatic rings. The number of ether oxygens (including phenoxy) is 4. The Balaban J connectivity index is 0.00000130. The van der Waals surface area contributed by atoms with Gasteiger partial charge in [0, 0.05) is 12.6 Å². The molecule has 266 valence electrons. The van der Waals surface area contributed by atoms with Crippen molar-refractivity contribution >= 4 is 16.3 Å². The Hall–Kier alpha value is -1.30. The van der Waals surface area contributed by atoms with E-state index in [0.29, 0.717) is 0 Å². The molecule has 0 unspecified atom stereocenters. The van der Waals surface area contributed by atoms with Crippen molar-refractivity contribution in [3.05, 3.63) is 0 Å². The first-order chi connectivity index (χ1) is 20.9. The Morgan fingerprint density at radius 2 is 1.38 bits per heavy atom. The van der Waals surface area contributed by atoms with Gasteiger partial charge in [0.1, 0.15) is 67.1 Å². The zero-order valence-corrected chi connectivity index (χ0v) is 24.6. The van der Waals surface area contributed by atoms with Crippen molar-refractivity contribution in [2.24, 2.45) is 22.9 Å². The van der Waals surface area contributed by atoms with Crippen molar-refractivity contribution < 1.29 is 82.1 Å². The van der Waals surface area contributed by atoms with Gasteiger partial charge in [-0.25, -0.2) is 0 Å². The molecule has 3 fully saturated rings. The van der Waals surface area contributed by atoms with Gasteiger partial charge in [0.2, 0.25) is 5.91 Å². The van der Waals surface area contributed by atoms with E-state index in [2.05, 4.69) is 5.32 Å². The minimum absolute atomic E-state index is 0.0101. The predicted molar refractivity (Wildman–Crippen MR) is 146 cm³/mol. The van der Waals surface area contributed by atoms with Crippen LogP contribution in [0.1, 0.15) is 12.8 Å². The molecule has 19 N–H and O–H groups in total. The number of aliphatic hydroxyl groups excluding tert-OH is 8. The SMILES string of the molecule is NCC[C@H](O)C(=O)N[C@@H]1C[C@H](N)[C@H](O[C@H]2O[C@@H](CN)[C@@H](O)[C@H](O)[C@H]2O)[C@H](O)[C@@H]1O[C@H]1O[C@@H](CO)[C@@H](O)[C@H](N)[C@H]1O.O=S(=O)(O)O. The molecule has 22 nitrogen and oxygen atoms in total. The second kappa shape index (κ2) is 17.2. The summed E-state index contributed by atoms with van der Waals surface area (Å²) in [5, 5.41) is 84.9. The van der Waals surface area contributed by atoms with E-state index in [1.54, 1.807) is 0 Å². The lowest BCUT2D eigenvalue weighted by Gasteiger charge is -2.49. The zero-order chi connectivity index (χ0) is 34.4. The van der Waals surface area contributed by atoms with Crippen molar-refractivity contribution in [3.8, 4) is 0 Å². The van der Waals surface area contributed by atoms with E-state index >= 15 is 0 Å². The molecule has 45 heavy (non-hydrogen) atoms. The quantitative estimate of drug-likeness (QED) is 0.0950. The summed E-state index contributed by atoms with van der Waals surface area (Å²) in [6.45, 7) is -0.898. The van der Waals surface area contributed by atoms with Crippen LogP contribution in [-0.2, 0) is 34.1 Å². The molecular weight excluding hydrogens is 638 g/mol. The second-order valence-electron chi connectivity index (χ2n) is 10.8. The maximum atomic E-state index is 12.6. The highest BCUT2D eigenvalue weighted by Gasteiger charge is 2.52. The van der Waals surface area contributed by atoms with Gasteiger partial charge in [-0.15, -0.1) is 0 Å². The summed E-state index contributed by atoms with van der Waals surface area (Å²) in [6.07, 6.45) is -19.8. The lowest BCUT2D eigenvalue weighted by Crippen LogP contribution is -2.69. The molecule has 0 aromatic carbocycles. The topological polar surface area (TPSA) is 407 Å². The van der Waals surface area contributed by atoms with E-state index in [1.165, 1.54) is 0 Å². The summed E-state index contributed by atoms with van der Waals surface area (Å²) in [7, 11) is -4.67. The smallest absolute Gasteiger partial charge is 0.394 e. The summed E-state index contributed by atoms with van der Waals surface area (Å²) in [4.78, 5) is 12.6. The Bertz CT molecular complexity index is 1020. The van der Waals surface area contributed by atoms with Gasteiger partial charge in [-0.3, -0.25) is 13.9 Å². The third-order valence-electron chi connectivity index (χ3n) is 7.51. The molecule has 23 heteroatoms. The van der Waals surface area contributed by atoms with E-state index in [-0.39, 0.29) is 25.9 Å². The molecule has 1 aliphatic carbocycles. The molecule has 2 aliphatic heterocycles. The Morgan fingerprint density at radius 1 is 0.844 bits per heavy atom. The number of rotatable bonds is 10. The first-order valence-corrected chi connectivity index (χ1v) is 15.2. The van der Waals surface area contributed by atoms with Crippen LogP contribution in [0, 0.1) is 0 Å². The first kappa shape index (κ1) is 39.9. The van der Waals surface area contributed by atoms with Crippen molar-refractivity contribution in [1.82, 2.24) is 5.32 Å². The average molecular weight is 684 g/mol. The molecule has 1 saturated carbocycles. The van der Waals surface area contributed by atoms with Crippen molar-refractivity contribution in [2.75, 3.05) is 19.7 Å². The van der Waals surface area contributed by atoms with Gasteiger partial charge >= 0.3 is 10.4 Å². The number of nitrogens with one attached hydrogen (secondary N) is 1. The van der Waals surface area contributed by atoms with Crippen LogP contribution < -0.4 is 28.3 Å². The van der Waals surface area contributed by atoms with E-state index in [4.69, 9.17) is 59.4 Å². The van der Waals surface area contributed by atoms with Gasteiger partial charge in [-0.05, 0) is 19.4 Å². The summed E-state index contributed by atoms with van der Waals surface area (Å²) in [5.41, 5.74) is 23.1. The Kier molecular flexibility index (Phi) is 15.2. The normalized spacial score (nSPS) is 43.1. The van der Waals surface area contributed by atoms with Crippen LogP contribution in [0.4, 0.5) is 0 Å². The van der Waals surface area contributed by atoms with Crippen molar-refractivity contribution in [2.45, 2.75) is 111 Å². The third kappa shape index (κ3) is 10.6. The van der Waals surface area contributed by atoms with E-state index in [1.807, 2.05) is 0 Å². The molecule has 2 heterocycles. The predicted octanol–water partition coefficient (Wildman–Crippen LogP) is -9.08. The van der Waals surface area contributed by atoms with Gasteiger partial charge in [-0.1, -0.05) is 0 Å². The molecule has 1 amide bonds. The van der Waals surface area contributed by atoms with Gasteiger partial charge in [-0.2, -0.15) is 8.42 Å². The van der Waals surface area contributed by atoms with E-state index < -0.39 is 121 Å². The molecule has 0 aromatic rings. The maximum Gasteiger partial charge on any atom is 0.394 e. The molecule has 2 saturated heterocycles. The Morgan fingerprint density at radius 3 is 1.91 bits per heavy atom. The number of hydrogen-bond acceptors (Lipinski definition) is 19. The lowest BCUT2D eigenvalue weighted by atomic mass is 9.83. The molecule has 16 atom stereocenters. The van der Waals surface area contributed by atoms with Crippen molar-refractivity contribution in [3.63, 3.8) is 0 Å². The zero-order valence-electron chi connectivity index (χ0n) is 23.8. The monoisotopic (exact) mass is 683 g/mol. The summed E-state index contributed by atoms with van der Waals surface area (Å²) in [6, 6.07) is -3.45. The van der Waals surface area contributed by atoms with Crippen LogP contribution in [0.15, 0.2) is 0 Å². The first-order valence-electron chi connectivity index (χ1n) is 13.8. The van der Waals surface area contributed by atoms with Gasteiger partial charge < -0.3 is 88.1 Å². The minimum atomic E-state index is -4.67. The lowest BCUT2D eigenvalue weighted by molar-refractivity contribution is -0.332. The molecule has 3 rings (SSSR count). The number of carbonyl (C=O) groups is 1. The van der Waals surface area contributed by atoms with Crippen LogP contribution in [0.3, 0.4) is 0 Å². The summed E-state index contributed by atoms with van der Waals surface area (Å²) < 4.78 is 54.1. The number of amides is 1. The summed E-state index contributed by atoms with van der Waals surface area (Å²) >= 11 is 0. The molecule has 0 spiro atoms. The third-order valence-corrected chi connectivity index (χ3v) is 7.51. The van der Waals surface area contributed by atoms with Gasteiger partial charge in [0.25, 0.3) is 0 Å². The standard InChI is InChI=1S/C22H43N5O13.H2O4S/c23-2-1-8(29)20(36)27-7-3-6(25)18(39-22-16(34)15(33)13(31)9(4-24)37-22)17(35)19(7)40-21-14(32)11(26)12(30)10(5-28)38-21;1-5(2,3)4/h6-19,21-22,28-35H,1-5,23-26H2,(H,27,36);(H2,1,2,3,4)/t6-,7+,8-,9-,10-,11-,12+,13+,14+,15-,16+,17-,18-,19+,21+,22+;/m0./s1. The molecule has 0 radical (unpaired) electrons. The molecular formula is C22H45N5O17S. The minimum Gasteiger partial charge on any atom is -0.394 e. The second-order valence-corrected chi connectivity index (χ2v) is 11.7. The summed E-state index contributed by atoms with van der Waals surface area (Å²) in [5.74, 6) is -0.845. The highest BCUT2D eigenvalue weighted by atomic mass is 32.3. The number of nitrogens with two attached hydrogens (primary N) is 4. The van der Waals surface area contributed by atoms with Gasteiger partial charge in [0.15, 0.2) is 12.6 Å². The highest BCUT2D eigenvalue weighted by molar-refractivity contribution is 7.79. The molecule has 0 aromatic heterocycles. The maximum absolute atomic E-state index is 12.6. The number of carbonyl (C=O) groups excluding carboxylic acids is 1. The van der Waals surface area contributed by atoms with E-state index in [9.17, 15) is 45.6 Å². The number of aliphatic hydroxyl groups is 8. The van der Waals surface area contributed by atoms with Crippen LogP contribution in [0.25, 0.3) is 0 Å². The van der Waals surface area contributed by atoms with Gasteiger partial charge in [0.05, 0.1) is 18.7 Å². The fourth-order valence-electron chi connectivity index (χ4n) is 5.07. The van der Waals surface area contributed by atoms with E-state index in [0.717, 1.165) is 0 Å². The number of hydrogen-bond donors (Lipinski definition) is 15. The largest absolute Gasteiger partial charge is 0.394 e. The fourth-order valence-corrected chi connectivity index (χ4v) is 5.07. The van der Waals surface area contributed by atoms with Crippen LogP contribution in [0.2, 0.25) is 0 Å². The van der Waals surface area contributed by atoms with Crippen molar-refractivity contribution in [1.29, 1.82) is 0 Å². The highest BCUT2D eigenvalue weighted by Crippen LogP contribution is 2.32. The van der Waals surface area contributed by atoms with Crippen LogP contribution >= 0.6 is 0 Å². The van der Waals surface area contributed by atoms with Crippen LogP contribution in [-0.4, -0.2) is 182 Å². The average Bonchev–Trinajstić information content (AvgIpc) is 2.96. The molecule has 0 bridgehead atoms.